The smallest absolute Gasteiger partial charge is 0.311 e. The van der Waals surface area contributed by atoms with E-state index >= 15 is 0 Å². The van der Waals surface area contributed by atoms with Crippen LogP contribution in [0, 0.1) is 11.3 Å². The molecule has 0 aliphatic carbocycles. The predicted molar refractivity (Wildman–Crippen MR) is 87.8 cm³/mol. The summed E-state index contributed by atoms with van der Waals surface area (Å²) < 4.78 is 7.48. The zero-order valence-corrected chi connectivity index (χ0v) is 13.5. The number of imidazole rings is 1. The molecule has 2 aliphatic heterocycles. The van der Waals surface area contributed by atoms with Gasteiger partial charge in [-0.25, -0.2) is 4.98 Å². The first-order valence-corrected chi connectivity index (χ1v) is 8.28. The number of aromatic nitrogens is 2. The molecule has 2 fully saturated rings. The Kier molecular flexibility index (Phi) is 3.86. The van der Waals surface area contributed by atoms with E-state index in [4.69, 9.17) is 4.74 Å². The van der Waals surface area contributed by atoms with Crippen molar-refractivity contribution in [1.82, 2.24) is 14.5 Å². The van der Waals surface area contributed by atoms with Gasteiger partial charge in [0.15, 0.2) is 0 Å². The van der Waals surface area contributed by atoms with E-state index in [1.807, 2.05) is 10.8 Å². The van der Waals surface area contributed by atoms with Crippen LogP contribution in [0.5, 0.6) is 0 Å². The highest BCUT2D eigenvalue weighted by Gasteiger charge is 2.53. The van der Waals surface area contributed by atoms with Gasteiger partial charge in [0.05, 0.1) is 18.3 Å². The fraction of sp³-hybridized carbons (Fsp3) is 0.444. The van der Waals surface area contributed by atoms with Gasteiger partial charge in [-0.15, -0.1) is 0 Å². The van der Waals surface area contributed by atoms with Crippen molar-refractivity contribution in [3.63, 3.8) is 0 Å². The number of aliphatic carboxylic acids is 1. The van der Waals surface area contributed by atoms with Crippen molar-refractivity contribution in [3.05, 3.63) is 48.5 Å². The largest absolute Gasteiger partial charge is 0.481 e. The topological polar surface area (TPSA) is 67.6 Å². The summed E-state index contributed by atoms with van der Waals surface area (Å²) in [6.07, 6.45) is 6.06. The predicted octanol–water partition coefficient (Wildman–Crippen LogP) is 1.80. The molecule has 6 nitrogen and oxygen atoms in total. The van der Waals surface area contributed by atoms with Gasteiger partial charge in [0.2, 0.25) is 0 Å². The number of carboxylic acid groups (broad SMARTS) is 1. The molecule has 2 atom stereocenters. The fourth-order valence-corrected chi connectivity index (χ4v) is 3.97. The molecule has 24 heavy (non-hydrogen) atoms. The van der Waals surface area contributed by atoms with Crippen LogP contribution in [0.4, 0.5) is 0 Å². The Morgan fingerprint density at radius 3 is 2.88 bits per heavy atom. The minimum atomic E-state index is -0.672. The van der Waals surface area contributed by atoms with Gasteiger partial charge in [0.25, 0.3) is 0 Å². The summed E-state index contributed by atoms with van der Waals surface area (Å²) >= 11 is 0. The molecule has 1 N–H and O–H groups in total. The number of benzene rings is 1. The molecule has 0 amide bonds. The molecule has 2 aromatic rings. The van der Waals surface area contributed by atoms with Crippen molar-refractivity contribution in [2.45, 2.75) is 13.0 Å². The highest BCUT2D eigenvalue weighted by molar-refractivity contribution is 5.76. The summed E-state index contributed by atoms with van der Waals surface area (Å²) in [6, 6.07) is 8.33. The summed E-state index contributed by atoms with van der Waals surface area (Å²) in [5.41, 5.74) is 1.63. The second-order valence-corrected chi connectivity index (χ2v) is 6.79. The zero-order chi connectivity index (χ0) is 16.6. The minimum Gasteiger partial charge on any atom is -0.481 e. The second kappa shape index (κ2) is 6.03. The van der Waals surface area contributed by atoms with Crippen LogP contribution < -0.4 is 0 Å². The third kappa shape index (κ3) is 2.61. The third-order valence-electron chi connectivity index (χ3n) is 5.35. The van der Waals surface area contributed by atoms with Gasteiger partial charge in [-0.05, 0) is 24.1 Å². The van der Waals surface area contributed by atoms with E-state index in [0.29, 0.717) is 26.2 Å². The van der Waals surface area contributed by atoms with Gasteiger partial charge in [-0.3, -0.25) is 9.69 Å². The molecule has 0 unspecified atom stereocenters. The summed E-state index contributed by atoms with van der Waals surface area (Å²) in [4.78, 5) is 18.1. The van der Waals surface area contributed by atoms with Crippen molar-refractivity contribution in [2.24, 2.45) is 11.3 Å². The van der Waals surface area contributed by atoms with Crippen LogP contribution in [0.25, 0.3) is 5.69 Å². The van der Waals surface area contributed by atoms with Crippen LogP contribution in [-0.2, 0) is 16.1 Å². The maximum absolute atomic E-state index is 11.8. The van der Waals surface area contributed by atoms with E-state index in [0.717, 1.165) is 18.8 Å². The third-order valence-corrected chi connectivity index (χ3v) is 5.35. The SMILES string of the molecule is O=C(O)[C@]12CCOC[C@H]1CN(Cc1ccc(-n3ccnc3)cc1)C2. The lowest BCUT2D eigenvalue weighted by molar-refractivity contribution is -0.157. The van der Waals surface area contributed by atoms with Gasteiger partial charge >= 0.3 is 5.97 Å². The molecular formula is C18H21N3O3. The molecule has 1 aromatic heterocycles. The van der Waals surface area contributed by atoms with Gasteiger partial charge in [-0.1, -0.05) is 12.1 Å². The van der Waals surface area contributed by atoms with Crippen molar-refractivity contribution < 1.29 is 14.6 Å². The zero-order valence-electron chi connectivity index (χ0n) is 13.5. The van der Waals surface area contributed by atoms with E-state index in [9.17, 15) is 9.90 Å². The van der Waals surface area contributed by atoms with Crippen molar-refractivity contribution in [1.29, 1.82) is 0 Å². The maximum atomic E-state index is 11.8. The number of ether oxygens (including phenoxy) is 1. The average molecular weight is 327 g/mol. The van der Waals surface area contributed by atoms with Crippen LogP contribution in [0.3, 0.4) is 0 Å². The van der Waals surface area contributed by atoms with Crippen LogP contribution in [0.1, 0.15) is 12.0 Å². The summed E-state index contributed by atoms with van der Waals surface area (Å²) in [5, 5.41) is 9.73. The first-order valence-electron chi connectivity index (χ1n) is 8.28. The van der Waals surface area contributed by atoms with E-state index in [2.05, 4.69) is 34.1 Å². The van der Waals surface area contributed by atoms with Gasteiger partial charge in [-0.2, -0.15) is 0 Å². The van der Waals surface area contributed by atoms with Crippen LogP contribution in [0.2, 0.25) is 0 Å². The molecule has 6 heteroatoms. The highest BCUT2D eigenvalue weighted by Crippen LogP contribution is 2.42. The lowest BCUT2D eigenvalue weighted by atomic mass is 9.74. The maximum Gasteiger partial charge on any atom is 0.311 e. The molecular weight excluding hydrogens is 306 g/mol. The average Bonchev–Trinajstić information content (AvgIpc) is 3.23. The molecule has 1 aromatic carbocycles. The van der Waals surface area contributed by atoms with Crippen molar-refractivity contribution in [2.75, 3.05) is 26.3 Å². The van der Waals surface area contributed by atoms with Crippen molar-refractivity contribution >= 4 is 5.97 Å². The Balaban J connectivity index is 1.47. The second-order valence-electron chi connectivity index (χ2n) is 6.79. The van der Waals surface area contributed by atoms with Crippen molar-refractivity contribution in [3.8, 4) is 5.69 Å². The normalized spacial score (nSPS) is 27.1. The van der Waals surface area contributed by atoms with Gasteiger partial charge in [0, 0.05) is 50.2 Å². The number of fused-ring (bicyclic) bond motifs is 1. The fourth-order valence-electron chi connectivity index (χ4n) is 3.97. The number of rotatable bonds is 4. The quantitative estimate of drug-likeness (QED) is 0.927. The lowest BCUT2D eigenvalue weighted by Crippen LogP contribution is -2.44. The standard InChI is InChI=1S/C18H21N3O3/c22-17(23)18-5-8-24-11-15(18)10-20(12-18)9-14-1-3-16(4-2-14)21-7-6-19-13-21/h1-4,6-7,13,15H,5,8-12H2,(H,22,23)/t15-,18+/m1/s1. The molecule has 0 spiro atoms. The van der Waals surface area contributed by atoms with Crippen LogP contribution in [-0.4, -0.2) is 51.8 Å². The molecule has 0 radical (unpaired) electrons. The molecule has 0 saturated carbocycles. The lowest BCUT2D eigenvalue weighted by Gasteiger charge is -2.34. The Morgan fingerprint density at radius 2 is 2.21 bits per heavy atom. The number of carbonyl (C=O) groups is 1. The summed E-state index contributed by atoms with van der Waals surface area (Å²) in [6.45, 7) is 3.28. The summed E-state index contributed by atoms with van der Waals surface area (Å²) in [5.74, 6) is -0.581. The number of carboxylic acids is 1. The molecule has 126 valence electrons. The molecule has 2 aliphatic rings. The van der Waals surface area contributed by atoms with E-state index < -0.39 is 11.4 Å². The van der Waals surface area contributed by atoms with E-state index in [-0.39, 0.29) is 5.92 Å². The Bertz CT molecular complexity index is 714. The monoisotopic (exact) mass is 327 g/mol. The molecule has 3 heterocycles. The number of hydrogen-bond donors (Lipinski definition) is 1. The highest BCUT2D eigenvalue weighted by atomic mass is 16.5. The number of nitrogens with zero attached hydrogens (tertiary/aromatic N) is 3. The molecule has 2 saturated heterocycles. The minimum absolute atomic E-state index is 0.0916. The van der Waals surface area contributed by atoms with Gasteiger partial charge in [0.1, 0.15) is 0 Å². The van der Waals surface area contributed by atoms with E-state index in [1.54, 1.807) is 12.5 Å². The first kappa shape index (κ1) is 15.4. The number of hydrogen-bond acceptors (Lipinski definition) is 4. The number of likely N-dealkylation sites (tertiary alicyclic amines) is 1. The Morgan fingerprint density at radius 1 is 1.38 bits per heavy atom. The van der Waals surface area contributed by atoms with Crippen LogP contribution >= 0.6 is 0 Å². The summed E-state index contributed by atoms with van der Waals surface area (Å²) in [7, 11) is 0. The molecule has 4 rings (SSSR count). The van der Waals surface area contributed by atoms with E-state index in [1.165, 1.54) is 5.56 Å². The Labute approximate surface area is 140 Å². The van der Waals surface area contributed by atoms with Crippen LogP contribution in [0.15, 0.2) is 43.0 Å². The first-order chi connectivity index (χ1) is 11.7. The molecule has 0 bridgehead atoms. The Hall–Kier alpha value is -2.18. The van der Waals surface area contributed by atoms with Gasteiger partial charge < -0.3 is 14.4 Å².